The van der Waals surface area contributed by atoms with Gasteiger partial charge in [-0.2, -0.15) is 0 Å². The van der Waals surface area contributed by atoms with Crippen molar-refractivity contribution in [3.05, 3.63) is 58.1 Å². The van der Waals surface area contributed by atoms with Crippen molar-refractivity contribution < 1.29 is 9.84 Å². The lowest BCUT2D eigenvalue weighted by molar-refractivity contribution is 0.199. The number of hydrogen-bond acceptors (Lipinski definition) is 2. The summed E-state index contributed by atoms with van der Waals surface area (Å²) in [5.74, 6) is 1.59. The molecule has 1 N–H and O–H groups in total. The maximum Gasteiger partial charge on any atom is 0.131 e. The second kappa shape index (κ2) is 5.55. The molecule has 18 heavy (non-hydrogen) atoms. The molecule has 0 fully saturated rings. The van der Waals surface area contributed by atoms with Gasteiger partial charge in [-0.05, 0) is 49.2 Å². The van der Waals surface area contributed by atoms with Gasteiger partial charge in [0, 0.05) is 4.47 Å². The SMILES string of the molecule is Cc1ccc(Br)cc1Oc1ccc(C(C)O)cc1. The highest BCUT2D eigenvalue weighted by Crippen LogP contribution is 2.28. The van der Waals surface area contributed by atoms with Crippen molar-refractivity contribution >= 4 is 15.9 Å². The van der Waals surface area contributed by atoms with Crippen LogP contribution >= 0.6 is 15.9 Å². The van der Waals surface area contributed by atoms with Crippen molar-refractivity contribution in [2.24, 2.45) is 0 Å². The Morgan fingerprint density at radius 2 is 1.78 bits per heavy atom. The van der Waals surface area contributed by atoms with E-state index in [2.05, 4.69) is 15.9 Å². The van der Waals surface area contributed by atoms with Crippen LogP contribution < -0.4 is 4.74 Å². The molecule has 2 rings (SSSR count). The van der Waals surface area contributed by atoms with Gasteiger partial charge in [0.15, 0.2) is 0 Å². The van der Waals surface area contributed by atoms with Crippen LogP contribution in [0.4, 0.5) is 0 Å². The molecule has 0 aliphatic rings. The fourth-order valence-corrected chi connectivity index (χ4v) is 1.97. The monoisotopic (exact) mass is 306 g/mol. The van der Waals surface area contributed by atoms with E-state index >= 15 is 0 Å². The first-order valence-electron chi connectivity index (χ1n) is 5.78. The van der Waals surface area contributed by atoms with Crippen LogP contribution in [0.25, 0.3) is 0 Å². The summed E-state index contributed by atoms with van der Waals surface area (Å²) in [6, 6.07) is 13.4. The Labute approximate surface area is 115 Å². The lowest BCUT2D eigenvalue weighted by Gasteiger charge is -2.10. The zero-order valence-corrected chi connectivity index (χ0v) is 11.9. The van der Waals surface area contributed by atoms with E-state index in [1.807, 2.05) is 49.4 Å². The second-order valence-electron chi connectivity index (χ2n) is 4.26. The molecule has 0 amide bonds. The summed E-state index contributed by atoms with van der Waals surface area (Å²) in [7, 11) is 0. The highest BCUT2D eigenvalue weighted by atomic mass is 79.9. The molecule has 2 aromatic carbocycles. The first kappa shape index (κ1) is 13.1. The average molecular weight is 307 g/mol. The van der Waals surface area contributed by atoms with Gasteiger partial charge >= 0.3 is 0 Å². The number of halogens is 1. The quantitative estimate of drug-likeness (QED) is 0.897. The summed E-state index contributed by atoms with van der Waals surface area (Å²) in [5, 5.41) is 9.44. The number of benzene rings is 2. The average Bonchev–Trinajstić information content (AvgIpc) is 2.34. The minimum atomic E-state index is -0.452. The largest absolute Gasteiger partial charge is 0.457 e. The fourth-order valence-electron chi connectivity index (χ4n) is 1.63. The van der Waals surface area contributed by atoms with Gasteiger partial charge in [0.2, 0.25) is 0 Å². The van der Waals surface area contributed by atoms with Crippen LogP contribution in [0.1, 0.15) is 24.2 Å². The lowest BCUT2D eigenvalue weighted by atomic mass is 10.1. The summed E-state index contributed by atoms with van der Waals surface area (Å²) in [6.45, 7) is 3.75. The first-order chi connectivity index (χ1) is 8.56. The van der Waals surface area contributed by atoms with Gasteiger partial charge < -0.3 is 9.84 Å². The Morgan fingerprint density at radius 1 is 1.11 bits per heavy atom. The predicted octanol–water partition coefficient (Wildman–Crippen LogP) is 4.60. The minimum Gasteiger partial charge on any atom is -0.457 e. The third-order valence-electron chi connectivity index (χ3n) is 2.74. The summed E-state index contributed by atoms with van der Waals surface area (Å²) in [6.07, 6.45) is -0.452. The van der Waals surface area contributed by atoms with E-state index in [1.165, 1.54) is 0 Å². The molecule has 0 bridgehead atoms. The first-order valence-corrected chi connectivity index (χ1v) is 6.57. The van der Waals surface area contributed by atoms with Crippen molar-refractivity contribution in [2.45, 2.75) is 20.0 Å². The van der Waals surface area contributed by atoms with E-state index in [0.717, 1.165) is 27.1 Å². The molecule has 2 nitrogen and oxygen atoms in total. The van der Waals surface area contributed by atoms with Gasteiger partial charge in [-0.15, -0.1) is 0 Å². The molecule has 0 aliphatic carbocycles. The molecule has 0 spiro atoms. The zero-order chi connectivity index (χ0) is 13.1. The maximum absolute atomic E-state index is 9.44. The molecule has 94 valence electrons. The molecule has 0 saturated carbocycles. The Balaban J connectivity index is 2.21. The lowest BCUT2D eigenvalue weighted by Crippen LogP contribution is -1.91. The molecule has 0 saturated heterocycles. The van der Waals surface area contributed by atoms with Gasteiger partial charge in [-0.1, -0.05) is 34.1 Å². The van der Waals surface area contributed by atoms with Gasteiger partial charge in [-0.3, -0.25) is 0 Å². The summed E-state index contributed by atoms with van der Waals surface area (Å²) in [5.41, 5.74) is 1.96. The van der Waals surface area contributed by atoms with Crippen molar-refractivity contribution in [1.29, 1.82) is 0 Å². The topological polar surface area (TPSA) is 29.5 Å². The van der Waals surface area contributed by atoms with E-state index in [4.69, 9.17) is 4.74 Å². The number of aryl methyl sites for hydroxylation is 1. The smallest absolute Gasteiger partial charge is 0.131 e. The minimum absolute atomic E-state index is 0.452. The number of aliphatic hydroxyl groups excluding tert-OH is 1. The van der Waals surface area contributed by atoms with Crippen LogP contribution in [0.2, 0.25) is 0 Å². The Kier molecular flexibility index (Phi) is 4.04. The number of hydrogen-bond donors (Lipinski definition) is 1. The number of ether oxygens (including phenoxy) is 1. The third kappa shape index (κ3) is 3.12. The van der Waals surface area contributed by atoms with Gasteiger partial charge in [0.1, 0.15) is 11.5 Å². The Bertz CT molecular complexity index is 533. The predicted molar refractivity (Wildman–Crippen MR) is 76.0 cm³/mol. The highest BCUT2D eigenvalue weighted by Gasteiger charge is 2.04. The molecule has 0 aromatic heterocycles. The molecule has 0 radical (unpaired) electrons. The van der Waals surface area contributed by atoms with E-state index in [0.29, 0.717) is 0 Å². The maximum atomic E-state index is 9.44. The standard InChI is InChI=1S/C15H15BrO2/c1-10-3-6-13(16)9-15(10)18-14-7-4-12(5-8-14)11(2)17/h3-9,11,17H,1-2H3. The molecule has 3 heteroatoms. The molecule has 1 atom stereocenters. The van der Waals surface area contributed by atoms with E-state index in [-0.39, 0.29) is 0 Å². The molecule has 0 aliphatic heterocycles. The van der Waals surface area contributed by atoms with Crippen LogP contribution in [-0.4, -0.2) is 5.11 Å². The molecule has 2 aromatic rings. The number of rotatable bonds is 3. The second-order valence-corrected chi connectivity index (χ2v) is 5.17. The van der Waals surface area contributed by atoms with E-state index in [9.17, 15) is 5.11 Å². The summed E-state index contributed by atoms with van der Waals surface area (Å²) in [4.78, 5) is 0. The molecule has 1 unspecified atom stereocenters. The van der Waals surface area contributed by atoms with Crippen molar-refractivity contribution in [1.82, 2.24) is 0 Å². The van der Waals surface area contributed by atoms with E-state index < -0.39 is 6.10 Å². The Morgan fingerprint density at radius 3 is 2.39 bits per heavy atom. The summed E-state index contributed by atoms with van der Waals surface area (Å²) < 4.78 is 6.80. The van der Waals surface area contributed by atoms with Gasteiger partial charge in [0.05, 0.1) is 6.10 Å². The molecule has 0 heterocycles. The fraction of sp³-hybridized carbons (Fsp3) is 0.200. The third-order valence-corrected chi connectivity index (χ3v) is 3.23. The summed E-state index contributed by atoms with van der Waals surface area (Å²) >= 11 is 3.43. The van der Waals surface area contributed by atoms with Crippen molar-refractivity contribution in [3.8, 4) is 11.5 Å². The highest BCUT2D eigenvalue weighted by molar-refractivity contribution is 9.10. The van der Waals surface area contributed by atoms with Crippen molar-refractivity contribution in [2.75, 3.05) is 0 Å². The van der Waals surface area contributed by atoms with Crippen LogP contribution in [-0.2, 0) is 0 Å². The van der Waals surface area contributed by atoms with Crippen LogP contribution in [0, 0.1) is 6.92 Å². The van der Waals surface area contributed by atoms with Crippen LogP contribution in [0.3, 0.4) is 0 Å². The van der Waals surface area contributed by atoms with Crippen LogP contribution in [0.5, 0.6) is 11.5 Å². The van der Waals surface area contributed by atoms with Gasteiger partial charge in [0.25, 0.3) is 0 Å². The van der Waals surface area contributed by atoms with Gasteiger partial charge in [-0.25, -0.2) is 0 Å². The van der Waals surface area contributed by atoms with Crippen LogP contribution in [0.15, 0.2) is 46.9 Å². The Hall–Kier alpha value is -1.32. The van der Waals surface area contributed by atoms with E-state index in [1.54, 1.807) is 6.92 Å². The normalized spacial score (nSPS) is 12.2. The molecular weight excluding hydrogens is 292 g/mol. The van der Waals surface area contributed by atoms with Crippen molar-refractivity contribution in [3.63, 3.8) is 0 Å². The molecular formula is C15H15BrO2. The number of aliphatic hydroxyl groups is 1. The zero-order valence-electron chi connectivity index (χ0n) is 10.4.